The number of hydrogen-bond donors (Lipinski definition) is 0. The number of alkyl halides is 3. The molecule has 7 heteroatoms. The van der Waals surface area contributed by atoms with Gasteiger partial charge in [0.05, 0.1) is 24.3 Å². The number of benzene rings is 1. The van der Waals surface area contributed by atoms with E-state index in [1.165, 1.54) is 13.0 Å². The number of hydrogen-bond acceptors (Lipinski definition) is 4. The summed E-state index contributed by atoms with van der Waals surface area (Å²) >= 11 is -0.393. The molecule has 96 valence electrons. The lowest BCUT2D eigenvalue weighted by Crippen LogP contribution is -2.08. The van der Waals surface area contributed by atoms with Crippen molar-refractivity contribution in [2.75, 3.05) is 7.11 Å². The number of halogens is 3. The van der Waals surface area contributed by atoms with Gasteiger partial charge in [-0.05, 0) is 36.4 Å². The Kier molecular flexibility index (Phi) is 4.24. The van der Waals surface area contributed by atoms with E-state index in [2.05, 4.69) is 4.74 Å². The minimum Gasteiger partial charge on any atom is -0.465 e. The molecule has 0 bridgehead atoms. The van der Waals surface area contributed by atoms with Crippen molar-refractivity contribution in [1.29, 1.82) is 5.26 Å². The first-order valence-corrected chi connectivity index (χ1v) is 5.49. The molecule has 0 spiro atoms. The summed E-state index contributed by atoms with van der Waals surface area (Å²) in [6.45, 7) is 1.40. The lowest BCUT2D eigenvalue weighted by molar-refractivity contribution is -0.0328. The van der Waals surface area contributed by atoms with Gasteiger partial charge in [0.25, 0.3) is 0 Å². The second-order valence-corrected chi connectivity index (χ2v) is 4.40. The molecule has 0 atom stereocenters. The number of carbonyl (C=O) groups excluding carboxylic acids is 1. The molecule has 0 aliphatic heterocycles. The number of nitrogens with zero attached hydrogens (tertiary/aromatic N) is 1. The van der Waals surface area contributed by atoms with E-state index in [0.717, 1.165) is 13.2 Å². The third kappa shape index (κ3) is 3.40. The number of aryl methyl sites for hydroxylation is 1. The quantitative estimate of drug-likeness (QED) is 0.614. The third-order valence-electron chi connectivity index (χ3n) is 2.03. The summed E-state index contributed by atoms with van der Waals surface area (Å²) in [5, 5.41) is 8.73. The molecule has 1 aromatic carbocycles. The van der Waals surface area contributed by atoms with Gasteiger partial charge in [-0.3, -0.25) is 0 Å². The molecule has 0 N–H and O–H groups in total. The Balaban J connectivity index is 3.39. The highest BCUT2D eigenvalue weighted by atomic mass is 32.2. The van der Waals surface area contributed by atoms with Crippen molar-refractivity contribution in [2.45, 2.75) is 17.3 Å². The van der Waals surface area contributed by atoms with Gasteiger partial charge in [0.15, 0.2) is 0 Å². The first-order valence-electron chi connectivity index (χ1n) is 4.67. The van der Waals surface area contributed by atoms with Crippen LogP contribution < -0.4 is 0 Å². The molecule has 1 rings (SSSR count). The minimum absolute atomic E-state index is 0.111. The molecule has 0 heterocycles. The summed E-state index contributed by atoms with van der Waals surface area (Å²) < 4.78 is 41.6. The lowest BCUT2D eigenvalue weighted by atomic mass is 10.1. The number of methoxy groups -OCH3 is 1. The summed E-state index contributed by atoms with van der Waals surface area (Å²) in [5.41, 5.74) is -4.45. The van der Waals surface area contributed by atoms with E-state index in [1.54, 1.807) is 6.07 Å². The van der Waals surface area contributed by atoms with Crippen molar-refractivity contribution < 1.29 is 22.7 Å². The van der Waals surface area contributed by atoms with Crippen LogP contribution in [0, 0.1) is 18.3 Å². The van der Waals surface area contributed by atoms with E-state index in [4.69, 9.17) is 5.26 Å². The largest absolute Gasteiger partial charge is 0.465 e. The first kappa shape index (κ1) is 14.4. The lowest BCUT2D eigenvalue weighted by Gasteiger charge is -2.13. The van der Waals surface area contributed by atoms with E-state index < -0.39 is 23.2 Å². The van der Waals surface area contributed by atoms with Crippen molar-refractivity contribution >= 4 is 17.7 Å². The molecule has 0 radical (unpaired) electrons. The van der Waals surface area contributed by atoms with Gasteiger partial charge in [0.1, 0.15) is 0 Å². The fourth-order valence-electron chi connectivity index (χ4n) is 1.35. The number of esters is 1. The van der Waals surface area contributed by atoms with Gasteiger partial charge >= 0.3 is 11.5 Å². The Labute approximate surface area is 106 Å². The van der Waals surface area contributed by atoms with E-state index in [0.29, 0.717) is 0 Å². The molecule has 1 aromatic rings. The molecular formula is C11H8F3NO2S. The predicted octanol–water partition coefficient (Wildman–Crippen LogP) is 3.27. The Morgan fingerprint density at radius 1 is 1.44 bits per heavy atom. The molecule has 0 amide bonds. The fourth-order valence-corrected chi connectivity index (χ4v) is 2.05. The van der Waals surface area contributed by atoms with Crippen LogP contribution >= 0.6 is 11.8 Å². The van der Waals surface area contributed by atoms with Crippen LogP contribution in [0.4, 0.5) is 13.2 Å². The van der Waals surface area contributed by atoms with Crippen molar-refractivity contribution in [3.63, 3.8) is 0 Å². The zero-order valence-electron chi connectivity index (χ0n) is 9.46. The average molecular weight is 275 g/mol. The van der Waals surface area contributed by atoms with Gasteiger partial charge in [-0.2, -0.15) is 18.4 Å². The molecule has 3 nitrogen and oxygen atoms in total. The summed E-state index contributed by atoms with van der Waals surface area (Å²) in [6.07, 6.45) is 0. The normalized spacial score (nSPS) is 10.9. The van der Waals surface area contributed by atoms with Crippen LogP contribution in [0.5, 0.6) is 0 Å². The number of rotatable bonds is 2. The van der Waals surface area contributed by atoms with Crippen molar-refractivity contribution in [2.24, 2.45) is 0 Å². The molecular weight excluding hydrogens is 267 g/mol. The molecule has 0 aliphatic rings. The van der Waals surface area contributed by atoms with E-state index in [1.807, 2.05) is 0 Å². The van der Waals surface area contributed by atoms with Crippen LogP contribution in [0.25, 0.3) is 0 Å². The van der Waals surface area contributed by atoms with Gasteiger partial charge in [-0.25, -0.2) is 4.79 Å². The smallest absolute Gasteiger partial charge is 0.446 e. The number of ether oxygens (including phenoxy) is 1. The highest BCUT2D eigenvalue weighted by Crippen LogP contribution is 2.40. The standard InChI is InChI=1S/C11H8F3NO2S/c1-6-3-7(5-15)4-8(10(16)17-2)9(6)18-11(12,13)14/h3-4H,1-2H3. The van der Waals surface area contributed by atoms with Crippen LogP contribution in [0.1, 0.15) is 21.5 Å². The van der Waals surface area contributed by atoms with Crippen molar-refractivity contribution in [1.82, 2.24) is 0 Å². The Morgan fingerprint density at radius 2 is 2.06 bits per heavy atom. The van der Waals surface area contributed by atoms with Gasteiger partial charge in [-0.15, -0.1) is 0 Å². The zero-order valence-corrected chi connectivity index (χ0v) is 10.3. The molecule has 0 fully saturated rings. The highest BCUT2D eigenvalue weighted by molar-refractivity contribution is 8.00. The maximum Gasteiger partial charge on any atom is 0.446 e. The average Bonchev–Trinajstić information content (AvgIpc) is 2.28. The fraction of sp³-hybridized carbons (Fsp3) is 0.273. The van der Waals surface area contributed by atoms with E-state index >= 15 is 0 Å². The number of thioether (sulfide) groups is 1. The molecule has 0 saturated carbocycles. The summed E-state index contributed by atoms with van der Waals surface area (Å²) in [6, 6.07) is 4.16. The second-order valence-electron chi connectivity index (χ2n) is 3.32. The van der Waals surface area contributed by atoms with Gasteiger partial charge < -0.3 is 4.74 Å². The zero-order chi connectivity index (χ0) is 13.9. The predicted molar refractivity (Wildman–Crippen MR) is 59.1 cm³/mol. The molecule has 0 aromatic heterocycles. The van der Waals surface area contributed by atoms with E-state index in [9.17, 15) is 18.0 Å². The first-order chi connectivity index (χ1) is 8.28. The maximum atomic E-state index is 12.4. The highest BCUT2D eigenvalue weighted by Gasteiger charge is 2.32. The maximum absolute atomic E-state index is 12.4. The minimum atomic E-state index is -4.51. The molecule has 0 unspecified atom stereocenters. The van der Waals surface area contributed by atoms with Gasteiger partial charge in [0, 0.05) is 4.90 Å². The van der Waals surface area contributed by atoms with Gasteiger partial charge in [-0.1, -0.05) is 0 Å². The Hall–Kier alpha value is -1.68. The van der Waals surface area contributed by atoms with Crippen LogP contribution in [0.15, 0.2) is 17.0 Å². The third-order valence-corrected chi connectivity index (χ3v) is 3.00. The molecule has 18 heavy (non-hydrogen) atoms. The van der Waals surface area contributed by atoms with Crippen LogP contribution in [-0.2, 0) is 4.74 Å². The van der Waals surface area contributed by atoms with E-state index in [-0.39, 0.29) is 21.6 Å². The van der Waals surface area contributed by atoms with Crippen molar-refractivity contribution in [3.8, 4) is 6.07 Å². The summed E-state index contributed by atoms with van der Waals surface area (Å²) in [7, 11) is 1.07. The van der Waals surface area contributed by atoms with Crippen LogP contribution in [0.2, 0.25) is 0 Å². The topological polar surface area (TPSA) is 50.1 Å². The number of carbonyl (C=O) groups is 1. The number of nitriles is 1. The summed E-state index contributed by atoms with van der Waals surface area (Å²) in [5.74, 6) is -0.901. The van der Waals surface area contributed by atoms with Crippen LogP contribution in [0.3, 0.4) is 0 Å². The Bertz CT molecular complexity index is 520. The Morgan fingerprint density at radius 3 is 2.50 bits per heavy atom. The van der Waals surface area contributed by atoms with Gasteiger partial charge in [0.2, 0.25) is 0 Å². The van der Waals surface area contributed by atoms with Crippen molar-refractivity contribution in [3.05, 3.63) is 28.8 Å². The summed E-state index contributed by atoms with van der Waals surface area (Å²) in [4.78, 5) is 11.2. The molecule has 0 aliphatic carbocycles. The monoisotopic (exact) mass is 275 g/mol. The SMILES string of the molecule is COC(=O)c1cc(C#N)cc(C)c1SC(F)(F)F. The molecule has 0 saturated heterocycles. The second kappa shape index (κ2) is 5.31. The van der Waals surface area contributed by atoms with Crippen LogP contribution in [-0.4, -0.2) is 18.6 Å².